The van der Waals surface area contributed by atoms with Crippen LogP contribution in [0.1, 0.15) is 59.2 Å². The van der Waals surface area contributed by atoms with Crippen LogP contribution in [-0.4, -0.2) is 108 Å². The number of amides is 2. The molecule has 15 nitrogen and oxygen atoms in total. The molecule has 6 saturated heterocycles. The van der Waals surface area contributed by atoms with Crippen molar-refractivity contribution < 1.29 is 41.4 Å². The number of sulfonamides is 2. The quantitative estimate of drug-likeness (QED) is 0.284. The van der Waals surface area contributed by atoms with Crippen molar-refractivity contribution in [2.75, 3.05) is 53.5 Å². The van der Waals surface area contributed by atoms with Crippen molar-refractivity contribution in [1.29, 1.82) is 0 Å². The summed E-state index contributed by atoms with van der Waals surface area (Å²) in [6.07, 6.45) is 5.48. The van der Waals surface area contributed by atoms with Crippen molar-refractivity contribution >= 4 is 31.9 Å². The Hall–Kier alpha value is -3.32. The third-order valence-corrected chi connectivity index (χ3v) is 11.5. The number of fused-ring (bicyclic) bond motifs is 6. The SMILES string of the molecule is COc1ccc(S(N)(=O)=O)cc1C(=O)NC12CCN(CC1)CC2.COc1ccc(S(N)(=O)=O)cc1C(=O)NC12CCN(CC1)CC2.O. The van der Waals surface area contributed by atoms with Crippen LogP contribution in [0.15, 0.2) is 46.2 Å². The highest BCUT2D eigenvalue weighted by Gasteiger charge is 2.42. The molecule has 47 heavy (non-hydrogen) atoms. The van der Waals surface area contributed by atoms with Gasteiger partial charge in [-0.3, -0.25) is 9.59 Å². The summed E-state index contributed by atoms with van der Waals surface area (Å²) in [5.41, 5.74) is -0.00844. The lowest BCUT2D eigenvalue weighted by atomic mass is 9.80. The Bertz CT molecular complexity index is 1550. The van der Waals surface area contributed by atoms with Gasteiger partial charge in [0.2, 0.25) is 20.0 Å². The van der Waals surface area contributed by atoms with Crippen LogP contribution in [-0.2, 0) is 20.0 Å². The number of primary sulfonamides is 2. The highest BCUT2D eigenvalue weighted by atomic mass is 32.2. The van der Waals surface area contributed by atoms with Gasteiger partial charge in [0.15, 0.2) is 0 Å². The number of piperidine rings is 6. The Balaban J connectivity index is 0.000000208. The predicted molar refractivity (Wildman–Crippen MR) is 173 cm³/mol. The number of ether oxygens (including phenoxy) is 2. The molecule has 8 N–H and O–H groups in total. The summed E-state index contributed by atoms with van der Waals surface area (Å²) in [7, 11) is -4.86. The van der Waals surface area contributed by atoms with Gasteiger partial charge in [0.05, 0.1) is 35.1 Å². The van der Waals surface area contributed by atoms with Crippen LogP contribution in [0.3, 0.4) is 0 Å². The zero-order chi connectivity index (χ0) is 33.3. The van der Waals surface area contributed by atoms with E-state index in [4.69, 9.17) is 19.8 Å². The number of hydrogen-bond acceptors (Lipinski definition) is 10. The van der Waals surface area contributed by atoms with Gasteiger partial charge in [-0.15, -0.1) is 0 Å². The van der Waals surface area contributed by atoms with Gasteiger partial charge in [-0.1, -0.05) is 0 Å². The highest BCUT2D eigenvalue weighted by molar-refractivity contribution is 7.89. The largest absolute Gasteiger partial charge is 0.496 e. The molecule has 17 heteroatoms. The van der Waals surface area contributed by atoms with E-state index in [-0.39, 0.29) is 49.3 Å². The molecule has 0 saturated carbocycles. The van der Waals surface area contributed by atoms with Gasteiger partial charge in [-0.25, -0.2) is 27.1 Å². The molecule has 260 valence electrons. The minimum absolute atomic E-state index is 0. The Morgan fingerprint density at radius 1 is 0.638 bits per heavy atom. The normalized spacial score (nSPS) is 26.2. The zero-order valence-corrected chi connectivity index (χ0v) is 28.2. The Morgan fingerprint density at radius 2 is 0.936 bits per heavy atom. The standard InChI is InChI=1S/2C15H21N3O4S.H2O/c2*1-22-13-3-2-11(23(16,20)21)10-12(13)14(19)17-15-4-7-18(8-5-15)9-6-15;/h2*2-3,10H,4-9H2,1H3,(H,17,19)(H2,16,20,21);1H2. The number of nitrogens with zero attached hydrogens (tertiary/aromatic N) is 2. The third kappa shape index (κ3) is 8.22. The fourth-order valence-corrected chi connectivity index (χ4v) is 7.81. The Kier molecular flexibility index (Phi) is 10.9. The molecule has 0 aliphatic carbocycles. The lowest BCUT2D eigenvalue weighted by Crippen LogP contribution is -2.61. The molecule has 0 atom stereocenters. The first kappa shape index (κ1) is 36.5. The van der Waals surface area contributed by atoms with E-state index in [1.807, 2.05) is 0 Å². The molecule has 0 aromatic heterocycles. The Morgan fingerprint density at radius 3 is 1.19 bits per heavy atom. The topological polar surface area (TPSA) is 235 Å². The number of hydrogen-bond donors (Lipinski definition) is 4. The molecule has 2 amide bonds. The molecule has 6 aliphatic heterocycles. The molecule has 4 bridgehead atoms. The first-order valence-electron chi connectivity index (χ1n) is 15.2. The van der Waals surface area contributed by atoms with Crippen molar-refractivity contribution in [3.05, 3.63) is 47.5 Å². The molecule has 2 aromatic carbocycles. The van der Waals surface area contributed by atoms with Crippen molar-refractivity contribution in [3.63, 3.8) is 0 Å². The van der Waals surface area contributed by atoms with Crippen LogP contribution in [0.4, 0.5) is 0 Å². The maximum atomic E-state index is 12.7. The minimum atomic E-state index is -3.87. The molecular weight excluding hydrogens is 652 g/mol. The molecule has 8 rings (SSSR count). The summed E-state index contributed by atoms with van der Waals surface area (Å²) in [4.78, 5) is 30.0. The van der Waals surface area contributed by atoms with Crippen molar-refractivity contribution in [2.24, 2.45) is 10.3 Å². The summed E-state index contributed by atoms with van der Waals surface area (Å²) in [5, 5.41) is 16.5. The van der Waals surface area contributed by atoms with Gasteiger partial charge >= 0.3 is 0 Å². The zero-order valence-electron chi connectivity index (χ0n) is 26.6. The van der Waals surface area contributed by atoms with E-state index in [0.717, 1.165) is 77.8 Å². The van der Waals surface area contributed by atoms with Crippen molar-refractivity contribution in [3.8, 4) is 11.5 Å². The first-order valence-corrected chi connectivity index (χ1v) is 18.3. The molecule has 6 heterocycles. The van der Waals surface area contributed by atoms with Gasteiger partial charge in [-0.05, 0) is 74.9 Å². The third-order valence-electron chi connectivity index (χ3n) is 9.69. The molecule has 0 spiro atoms. The van der Waals surface area contributed by atoms with E-state index < -0.39 is 20.0 Å². The molecule has 6 aliphatic rings. The van der Waals surface area contributed by atoms with E-state index in [1.54, 1.807) is 0 Å². The number of methoxy groups -OCH3 is 2. The van der Waals surface area contributed by atoms with Crippen LogP contribution >= 0.6 is 0 Å². The van der Waals surface area contributed by atoms with Gasteiger partial charge in [-0.2, -0.15) is 0 Å². The second kappa shape index (κ2) is 14.0. The summed E-state index contributed by atoms with van der Waals surface area (Å²) >= 11 is 0. The van der Waals surface area contributed by atoms with Gasteiger partial charge in [0, 0.05) is 50.3 Å². The van der Waals surface area contributed by atoms with Gasteiger partial charge in [0.1, 0.15) is 11.5 Å². The summed E-state index contributed by atoms with van der Waals surface area (Å²) in [5.74, 6) is 0.0319. The number of nitrogens with one attached hydrogen (secondary N) is 2. The fraction of sp³-hybridized carbons (Fsp3) is 0.533. The van der Waals surface area contributed by atoms with Crippen molar-refractivity contribution in [1.82, 2.24) is 20.4 Å². The predicted octanol–water partition coefficient (Wildman–Crippen LogP) is -0.203. The van der Waals surface area contributed by atoms with Gasteiger partial charge < -0.3 is 35.4 Å². The molecule has 2 aromatic rings. The van der Waals surface area contributed by atoms with Crippen LogP contribution in [0.5, 0.6) is 11.5 Å². The average molecular weight is 697 g/mol. The maximum Gasteiger partial charge on any atom is 0.255 e. The first-order chi connectivity index (χ1) is 21.7. The van der Waals surface area contributed by atoms with E-state index in [0.29, 0.717) is 11.5 Å². The molecule has 6 fully saturated rings. The fourth-order valence-electron chi connectivity index (χ4n) is 6.73. The average Bonchev–Trinajstić information content (AvgIpc) is 3.05. The summed E-state index contributed by atoms with van der Waals surface area (Å²) < 4.78 is 56.5. The number of nitrogens with two attached hydrogens (primary N) is 2. The summed E-state index contributed by atoms with van der Waals surface area (Å²) in [6, 6.07) is 8.13. The minimum Gasteiger partial charge on any atom is -0.496 e. The lowest BCUT2D eigenvalue weighted by Gasteiger charge is -2.48. The summed E-state index contributed by atoms with van der Waals surface area (Å²) in [6.45, 7) is 5.88. The molecular formula is C30H44N6O9S2. The van der Waals surface area contributed by atoms with E-state index in [2.05, 4.69) is 20.4 Å². The van der Waals surface area contributed by atoms with Crippen molar-refractivity contribution in [2.45, 2.75) is 59.4 Å². The van der Waals surface area contributed by atoms with E-state index >= 15 is 0 Å². The lowest BCUT2D eigenvalue weighted by molar-refractivity contribution is 0.0508. The monoisotopic (exact) mass is 696 g/mol. The van der Waals surface area contributed by atoms with Crippen LogP contribution in [0, 0.1) is 0 Å². The van der Waals surface area contributed by atoms with E-state index in [9.17, 15) is 26.4 Å². The van der Waals surface area contributed by atoms with Crippen LogP contribution in [0.2, 0.25) is 0 Å². The highest BCUT2D eigenvalue weighted by Crippen LogP contribution is 2.34. The second-order valence-electron chi connectivity index (χ2n) is 12.5. The maximum absolute atomic E-state index is 12.7. The molecule has 0 radical (unpaired) electrons. The number of rotatable bonds is 8. The van der Waals surface area contributed by atoms with Gasteiger partial charge in [0.25, 0.3) is 11.8 Å². The number of carbonyl (C=O) groups is 2. The molecule has 0 unspecified atom stereocenters. The Labute approximate surface area is 275 Å². The number of carbonyl (C=O) groups excluding carboxylic acids is 2. The van der Waals surface area contributed by atoms with E-state index in [1.165, 1.54) is 50.6 Å². The second-order valence-corrected chi connectivity index (χ2v) is 15.6. The smallest absolute Gasteiger partial charge is 0.255 e. The van der Waals surface area contributed by atoms with Crippen LogP contribution < -0.4 is 30.4 Å². The number of benzene rings is 2. The van der Waals surface area contributed by atoms with Crippen LogP contribution in [0.25, 0.3) is 0 Å².